The molecule has 0 aliphatic heterocycles. The maximum Gasteiger partial charge on any atom is 0.335 e. The lowest BCUT2D eigenvalue weighted by Gasteiger charge is -2.07. The molecule has 0 fully saturated rings. The highest BCUT2D eigenvalue weighted by molar-refractivity contribution is 7.80. The Morgan fingerprint density at radius 3 is 2.67 bits per heavy atom. The summed E-state index contributed by atoms with van der Waals surface area (Å²) >= 11 is 4.64. The molecule has 0 aromatic heterocycles. The first kappa shape index (κ1) is 11.3. The molecule has 0 saturated heterocycles. The van der Waals surface area contributed by atoms with Gasteiger partial charge in [0.25, 0.3) is 0 Å². The molecule has 0 unspecified atom stereocenters. The molecule has 0 atom stereocenters. The summed E-state index contributed by atoms with van der Waals surface area (Å²) in [4.78, 5) is 10.8. The average Bonchev–Trinajstić information content (AvgIpc) is 2.16. The Bertz CT molecular complexity index is 406. The second-order valence-electron chi connectivity index (χ2n) is 2.74. The van der Waals surface area contributed by atoms with Crippen LogP contribution in [0.5, 0.6) is 5.75 Å². The highest BCUT2D eigenvalue weighted by atomic mass is 32.1. The Balaban J connectivity index is 3.11. The van der Waals surface area contributed by atoms with E-state index in [2.05, 4.69) is 17.5 Å². The summed E-state index contributed by atoms with van der Waals surface area (Å²) in [6, 6.07) is 4.43. The molecule has 0 saturated carbocycles. The fourth-order valence-electron chi connectivity index (χ4n) is 1.05. The van der Waals surface area contributed by atoms with Crippen LogP contribution >= 0.6 is 12.2 Å². The van der Waals surface area contributed by atoms with Gasteiger partial charge in [-0.25, -0.2) is 4.79 Å². The maximum absolute atomic E-state index is 10.8. The third-order valence-electron chi connectivity index (χ3n) is 1.66. The number of carboxylic acid groups (broad SMARTS) is 1. The Hall–Kier alpha value is -1.82. The minimum Gasteiger partial charge on any atom is -0.497 e. The third-order valence-corrected chi connectivity index (χ3v) is 1.76. The summed E-state index contributed by atoms with van der Waals surface area (Å²) < 4.78 is 4.94. The van der Waals surface area contributed by atoms with Crippen LogP contribution in [0.3, 0.4) is 0 Å². The van der Waals surface area contributed by atoms with Gasteiger partial charge in [0, 0.05) is 11.8 Å². The lowest BCUT2D eigenvalue weighted by atomic mass is 10.2. The molecular formula is C9H10N2O3S. The Morgan fingerprint density at radius 1 is 1.53 bits per heavy atom. The molecule has 1 rings (SSSR count). The van der Waals surface area contributed by atoms with Gasteiger partial charge in [-0.1, -0.05) is 0 Å². The predicted molar refractivity (Wildman–Crippen MR) is 60.4 cm³/mol. The molecule has 4 N–H and O–H groups in total. The van der Waals surface area contributed by atoms with E-state index < -0.39 is 5.97 Å². The van der Waals surface area contributed by atoms with Crippen molar-refractivity contribution in [2.75, 3.05) is 12.4 Å². The number of nitrogens with two attached hydrogens (primary N) is 1. The number of carbonyl (C=O) groups is 1. The zero-order valence-corrected chi connectivity index (χ0v) is 8.80. The van der Waals surface area contributed by atoms with Gasteiger partial charge in [0.2, 0.25) is 0 Å². The standard InChI is InChI=1S/C9H10N2O3S/c1-14-7-3-5(8(12)13)2-6(4-7)11-9(10)15/h2-4H,1H3,(H,12,13)(H3,10,11,15). The first-order valence-electron chi connectivity index (χ1n) is 4.01. The summed E-state index contributed by atoms with van der Waals surface area (Å²) in [6.45, 7) is 0. The van der Waals surface area contributed by atoms with Crippen LogP contribution < -0.4 is 15.8 Å². The van der Waals surface area contributed by atoms with Gasteiger partial charge in [-0.3, -0.25) is 0 Å². The van der Waals surface area contributed by atoms with Crippen molar-refractivity contribution >= 4 is 29.0 Å². The number of hydrogen-bond donors (Lipinski definition) is 3. The van der Waals surface area contributed by atoms with Crippen LogP contribution in [-0.4, -0.2) is 23.3 Å². The quantitative estimate of drug-likeness (QED) is 0.668. The fraction of sp³-hybridized carbons (Fsp3) is 0.111. The van der Waals surface area contributed by atoms with Gasteiger partial charge >= 0.3 is 5.97 Å². The van der Waals surface area contributed by atoms with E-state index in [9.17, 15) is 4.79 Å². The first-order valence-corrected chi connectivity index (χ1v) is 4.42. The smallest absolute Gasteiger partial charge is 0.335 e. The van der Waals surface area contributed by atoms with Gasteiger partial charge in [-0.15, -0.1) is 0 Å². The van der Waals surface area contributed by atoms with Gasteiger partial charge < -0.3 is 20.9 Å². The van der Waals surface area contributed by atoms with Gasteiger partial charge in [0.1, 0.15) is 5.75 Å². The number of anilines is 1. The van der Waals surface area contributed by atoms with E-state index in [0.717, 1.165) is 0 Å². The molecule has 0 amide bonds. The van der Waals surface area contributed by atoms with Crippen molar-refractivity contribution in [1.29, 1.82) is 0 Å². The molecule has 80 valence electrons. The first-order chi connectivity index (χ1) is 7.02. The maximum atomic E-state index is 10.8. The normalized spacial score (nSPS) is 9.40. The topological polar surface area (TPSA) is 84.6 Å². The number of aromatic carboxylic acids is 1. The number of methoxy groups -OCH3 is 1. The van der Waals surface area contributed by atoms with Crippen molar-refractivity contribution in [3.8, 4) is 5.75 Å². The van der Waals surface area contributed by atoms with E-state index in [1.807, 2.05) is 0 Å². The van der Waals surface area contributed by atoms with Crippen LogP contribution in [0.15, 0.2) is 18.2 Å². The van der Waals surface area contributed by atoms with Crippen molar-refractivity contribution in [2.45, 2.75) is 0 Å². The molecule has 15 heavy (non-hydrogen) atoms. The lowest BCUT2D eigenvalue weighted by molar-refractivity contribution is 0.0696. The van der Waals surface area contributed by atoms with E-state index in [1.54, 1.807) is 6.07 Å². The van der Waals surface area contributed by atoms with Crippen molar-refractivity contribution in [2.24, 2.45) is 5.73 Å². The van der Waals surface area contributed by atoms with Gasteiger partial charge in [0.15, 0.2) is 5.11 Å². The molecular weight excluding hydrogens is 216 g/mol. The van der Waals surface area contributed by atoms with Gasteiger partial charge in [-0.2, -0.15) is 0 Å². The molecule has 1 aromatic carbocycles. The number of ether oxygens (including phenoxy) is 1. The SMILES string of the molecule is COc1cc(NC(N)=S)cc(C(=O)O)c1. The largest absolute Gasteiger partial charge is 0.497 e. The summed E-state index contributed by atoms with van der Waals surface area (Å²) in [5.41, 5.74) is 5.86. The molecule has 0 radical (unpaired) electrons. The molecule has 6 heteroatoms. The highest BCUT2D eigenvalue weighted by Crippen LogP contribution is 2.20. The van der Waals surface area contributed by atoms with E-state index in [4.69, 9.17) is 15.6 Å². The predicted octanol–water partition coefficient (Wildman–Crippen LogP) is 1.05. The zero-order valence-electron chi connectivity index (χ0n) is 7.98. The van der Waals surface area contributed by atoms with Gasteiger partial charge in [0.05, 0.1) is 12.7 Å². The van der Waals surface area contributed by atoms with Crippen LogP contribution in [0.1, 0.15) is 10.4 Å². The van der Waals surface area contributed by atoms with E-state index in [0.29, 0.717) is 11.4 Å². The van der Waals surface area contributed by atoms with Crippen molar-refractivity contribution < 1.29 is 14.6 Å². The molecule has 5 nitrogen and oxygen atoms in total. The monoisotopic (exact) mass is 226 g/mol. The minimum absolute atomic E-state index is 0.0691. The van der Waals surface area contributed by atoms with Crippen LogP contribution in [0, 0.1) is 0 Å². The summed E-state index contributed by atoms with van der Waals surface area (Å²) in [5.74, 6) is -0.617. The molecule has 0 bridgehead atoms. The van der Waals surface area contributed by atoms with E-state index in [-0.39, 0.29) is 10.7 Å². The average molecular weight is 226 g/mol. The second-order valence-corrected chi connectivity index (χ2v) is 3.18. The van der Waals surface area contributed by atoms with Crippen LogP contribution in [0.2, 0.25) is 0 Å². The molecule has 1 aromatic rings. The fourth-order valence-corrected chi connectivity index (χ4v) is 1.17. The Kier molecular flexibility index (Phi) is 3.46. The van der Waals surface area contributed by atoms with E-state index in [1.165, 1.54) is 19.2 Å². The molecule has 0 aliphatic rings. The number of thiocarbonyl (C=S) groups is 1. The number of benzene rings is 1. The number of hydrogen-bond acceptors (Lipinski definition) is 3. The van der Waals surface area contributed by atoms with Crippen molar-refractivity contribution in [3.63, 3.8) is 0 Å². The summed E-state index contributed by atoms with van der Waals surface area (Å²) in [7, 11) is 1.45. The van der Waals surface area contributed by atoms with E-state index >= 15 is 0 Å². The summed E-state index contributed by atoms with van der Waals surface area (Å²) in [5, 5.41) is 11.5. The van der Waals surface area contributed by atoms with Crippen LogP contribution in [0.25, 0.3) is 0 Å². The number of rotatable bonds is 3. The zero-order chi connectivity index (χ0) is 11.4. The second kappa shape index (κ2) is 4.61. The molecule has 0 heterocycles. The summed E-state index contributed by atoms with van der Waals surface area (Å²) in [6.07, 6.45) is 0. The Morgan fingerprint density at radius 2 is 2.20 bits per heavy atom. The van der Waals surface area contributed by atoms with Crippen LogP contribution in [0.4, 0.5) is 5.69 Å². The third kappa shape index (κ3) is 3.10. The lowest BCUT2D eigenvalue weighted by Crippen LogP contribution is -2.19. The van der Waals surface area contributed by atoms with Gasteiger partial charge in [-0.05, 0) is 24.4 Å². The van der Waals surface area contributed by atoms with Crippen molar-refractivity contribution in [3.05, 3.63) is 23.8 Å². The Labute approximate surface area is 91.8 Å². The molecule has 0 spiro atoms. The van der Waals surface area contributed by atoms with Crippen molar-refractivity contribution in [1.82, 2.24) is 0 Å². The number of carboxylic acids is 1. The number of nitrogens with one attached hydrogen (secondary N) is 1. The highest BCUT2D eigenvalue weighted by Gasteiger charge is 2.07. The van der Waals surface area contributed by atoms with Crippen LogP contribution in [-0.2, 0) is 0 Å². The minimum atomic E-state index is -1.04. The molecule has 0 aliphatic carbocycles.